The van der Waals surface area contributed by atoms with Crippen LogP contribution in [0.4, 0.5) is 11.6 Å². The van der Waals surface area contributed by atoms with Crippen molar-refractivity contribution in [1.29, 1.82) is 0 Å². The third-order valence-corrected chi connectivity index (χ3v) is 10.6. The molecular weight excluding hydrogens is 745 g/mol. The Balaban J connectivity index is 0.000000136. The van der Waals surface area contributed by atoms with Crippen LogP contribution in [-0.2, 0) is 0 Å². The fraction of sp³-hybridized carbons (Fsp3) is 0.227. The number of nitrogens with two attached hydrogens (primary N) is 1. The van der Waals surface area contributed by atoms with Gasteiger partial charge in [-0.2, -0.15) is 10.2 Å². The number of carboxylic acid groups (broad SMARTS) is 1. The maximum atomic E-state index is 12.7. The van der Waals surface area contributed by atoms with Crippen LogP contribution < -0.4 is 20.9 Å². The van der Waals surface area contributed by atoms with E-state index >= 15 is 0 Å². The first-order valence-corrected chi connectivity index (χ1v) is 19.6. The standard InChI is InChI=1S/C22H22N6O.C11H14N4.C11H10N2O2/c1-16-5-2-3-6-19(16)28-13-9-18(25-28)22(29)24-17-8-12-27(15-17)21-20-7-4-11-26(20)14-10-23-21;12-9-3-6-15(8-9)11-10-2-1-5-14(10)7-4-13-11;1-8-4-2-3-5-10(8)13-7-6-9(12-13)11(14)15/h2-7,9-11,13-14,17H,8,12,15H2,1H3,(H,24,29);1-2,4-5,7,9H,3,6,8,12H2;2-7H,1H3,(H,14,15)/t17-;9-;/m00./s1. The maximum absolute atomic E-state index is 12.7. The van der Waals surface area contributed by atoms with E-state index in [9.17, 15) is 9.59 Å². The van der Waals surface area contributed by atoms with Crippen molar-refractivity contribution < 1.29 is 14.7 Å². The molecule has 15 nitrogen and oxygen atoms in total. The quantitative estimate of drug-likeness (QED) is 0.185. The molecule has 2 aromatic carbocycles. The van der Waals surface area contributed by atoms with E-state index in [1.165, 1.54) is 6.07 Å². The number of aryl methyl sites for hydroxylation is 2. The van der Waals surface area contributed by atoms with E-state index in [1.54, 1.807) is 21.6 Å². The Kier molecular flexibility index (Phi) is 11.2. The number of nitrogens with zero attached hydrogens (tertiary/aromatic N) is 10. The van der Waals surface area contributed by atoms with Gasteiger partial charge in [0.1, 0.15) is 0 Å². The molecule has 0 saturated carbocycles. The number of hydrogen-bond donors (Lipinski definition) is 3. The van der Waals surface area contributed by atoms with Crippen LogP contribution in [0.2, 0.25) is 0 Å². The largest absolute Gasteiger partial charge is 0.476 e. The van der Waals surface area contributed by atoms with Crippen molar-refractivity contribution in [1.82, 2.24) is 43.6 Å². The number of aromatic carboxylic acids is 1. The van der Waals surface area contributed by atoms with E-state index < -0.39 is 5.97 Å². The monoisotopic (exact) mass is 790 g/mol. The Morgan fingerprint density at radius 3 is 1.69 bits per heavy atom. The lowest BCUT2D eigenvalue weighted by atomic mass is 10.2. The SMILES string of the molecule is Cc1ccccc1-n1ccc(C(=O)N[C@H]2CCN(c3nccn4cccc34)C2)n1.Cc1ccccc1-n1ccc(C(=O)O)n1.N[C@H]1CCN(c2nccn3cccc23)C1. The summed E-state index contributed by atoms with van der Waals surface area (Å²) >= 11 is 0. The highest BCUT2D eigenvalue weighted by atomic mass is 16.4. The average molecular weight is 791 g/mol. The van der Waals surface area contributed by atoms with Crippen molar-refractivity contribution in [2.75, 3.05) is 36.0 Å². The summed E-state index contributed by atoms with van der Waals surface area (Å²) < 4.78 is 7.47. The van der Waals surface area contributed by atoms with Gasteiger partial charge in [-0.15, -0.1) is 0 Å². The van der Waals surface area contributed by atoms with Gasteiger partial charge in [0.05, 0.1) is 22.4 Å². The molecule has 2 atom stereocenters. The van der Waals surface area contributed by atoms with Gasteiger partial charge < -0.3 is 34.8 Å². The molecule has 15 heteroatoms. The van der Waals surface area contributed by atoms with E-state index in [-0.39, 0.29) is 17.6 Å². The molecule has 300 valence electrons. The number of nitrogens with one attached hydrogen (secondary N) is 1. The third-order valence-electron chi connectivity index (χ3n) is 10.6. The van der Waals surface area contributed by atoms with Gasteiger partial charge in [0.15, 0.2) is 23.0 Å². The smallest absolute Gasteiger partial charge is 0.356 e. The summed E-state index contributed by atoms with van der Waals surface area (Å²) in [6, 6.07) is 27.5. The number of benzene rings is 2. The lowest BCUT2D eigenvalue weighted by Crippen LogP contribution is -2.37. The molecule has 8 heterocycles. The first-order chi connectivity index (χ1) is 28.7. The highest BCUT2D eigenvalue weighted by Gasteiger charge is 2.27. The molecule has 0 aliphatic carbocycles. The number of carbonyl (C=O) groups excluding carboxylic acids is 1. The molecule has 2 aliphatic rings. The molecular formula is C44H46N12O3. The van der Waals surface area contributed by atoms with Crippen LogP contribution in [0.5, 0.6) is 0 Å². The lowest BCUT2D eigenvalue weighted by Gasteiger charge is -2.18. The van der Waals surface area contributed by atoms with Crippen LogP contribution in [0, 0.1) is 13.8 Å². The van der Waals surface area contributed by atoms with Crippen molar-refractivity contribution in [3.8, 4) is 11.4 Å². The molecule has 8 aromatic rings. The maximum Gasteiger partial charge on any atom is 0.356 e. The van der Waals surface area contributed by atoms with Crippen LogP contribution in [0.3, 0.4) is 0 Å². The molecule has 2 saturated heterocycles. The predicted octanol–water partition coefficient (Wildman–Crippen LogP) is 5.59. The zero-order chi connectivity index (χ0) is 40.9. The van der Waals surface area contributed by atoms with Gasteiger partial charge in [-0.25, -0.2) is 24.1 Å². The van der Waals surface area contributed by atoms with E-state index in [2.05, 4.69) is 56.2 Å². The van der Waals surface area contributed by atoms with Gasteiger partial charge in [0, 0.05) is 87.8 Å². The Morgan fingerprint density at radius 2 is 1.17 bits per heavy atom. The number of anilines is 2. The molecule has 4 N–H and O–H groups in total. The van der Waals surface area contributed by atoms with Gasteiger partial charge in [-0.3, -0.25) is 4.79 Å². The summed E-state index contributed by atoms with van der Waals surface area (Å²) in [6.45, 7) is 7.51. The Morgan fingerprint density at radius 1 is 0.644 bits per heavy atom. The zero-order valence-electron chi connectivity index (χ0n) is 32.9. The summed E-state index contributed by atoms with van der Waals surface area (Å²) in [7, 11) is 0. The van der Waals surface area contributed by atoms with Gasteiger partial charge in [-0.05, 0) is 86.3 Å². The Labute approximate surface area is 341 Å². The number of amides is 1. The molecule has 6 aromatic heterocycles. The first kappa shape index (κ1) is 38.6. The Bertz CT molecular complexity index is 2710. The highest BCUT2D eigenvalue weighted by molar-refractivity contribution is 5.92. The van der Waals surface area contributed by atoms with E-state index in [1.807, 2.05) is 118 Å². The molecule has 59 heavy (non-hydrogen) atoms. The number of para-hydroxylation sites is 2. The molecule has 2 fully saturated rings. The summed E-state index contributed by atoms with van der Waals surface area (Å²) in [5.41, 5.74) is 12.7. The topological polar surface area (TPSA) is 169 Å². The predicted molar refractivity (Wildman–Crippen MR) is 227 cm³/mol. The second-order valence-electron chi connectivity index (χ2n) is 14.7. The van der Waals surface area contributed by atoms with Crippen LogP contribution in [0.25, 0.3) is 22.4 Å². The number of carbonyl (C=O) groups is 2. The summed E-state index contributed by atoms with van der Waals surface area (Å²) in [5, 5.41) is 20.3. The number of hydrogen-bond acceptors (Lipinski definition) is 9. The minimum atomic E-state index is -1.01. The fourth-order valence-electron chi connectivity index (χ4n) is 7.50. The average Bonchev–Trinajstić information content (AvgIpc) is 4.10. The number of fused-ring (bicyclic) bond motifs is 2. The van der Waals surface area contributed by atoms with Crippen LogP contribution in [-0.4, -0.2) is 93.6 Å². The van der Waals surface area contributed by atoms with Gasteiger partial charge in [-0.1, -0.05) is 36.4 Å². The molecule has 0 spiro atoms. The lowest BCUT2D eigenvalue weighted by molar-refractivity contribution is 0.0689. The second-order valence-corrected chi connectivity index (χ2v) is 14.7. The van der Waals surface area contributed by atoms with Crippen molar-refractivity contribution in [3.05, 3.63) is 157 Å². The Hall–Kier alpha value is -7.26. The van der Waals surface area contributed by atoms with E-state index in [0.717, 1.165) is 84.2 Å². The van der Waals surface area contributed by atoms with Crippen molar-refractivity contribution in [2.45, 2.75) is 38.8 Å². The van der Waals surface area contributed by atoms with Gasteiger partial charge in [0.25, 0.3) is 5.91 Å². The number of aromatic nitrogens is 8. The van der Waals surface area contributed by atoms with Crippen LogP contribution in [0.1, 0.15) is 44.9 Å². The summed E-state index contributed by atoms with van der Waals surface area (Å²) in [5.74, 6) is 0.855. The molecule has 2 aliphatic heterocycles. The van der Waals surface area contributed by atoms with Crippen molar-refractivity contribution in [3.63, 3.8) is 0 Å². The minimum Gasteiger partial charge on any atom is -0.476 e. The molecule has 0 unspecified atom stereocenters. The second kappa shape index (κ2) is 17.1. The highest BCUT2D eigenvalue weighted by Crippen LogP contribution is 2.25. The van der Waals surface area contributed by atoms with Gasteiger partial charge in [0.2, 0.25) is 0 Å². The summed E-state index contributed by atoms with van der Waals surface area (Å²) in [6.07, 6.45) is 17.0. The van der Waals surface area contributed by atoms with E-state index in [0.29, 0.717) is 11.7 Å². The first-order valence-electron chi connectivity index (χ1n) is 19.6. The van der Waals surface area contributed by atoms with Gasteiger partial charge >= 0.3 is 5.97 Å². The molecule has 0 bridgehead atoms. The normalized spacial score (nSPS) is 16.1. The molecule has 0 radical (unpaired) electrons. The van der Waals surface area contributed by atoms with Crippen LogP contribution >= 0.6 is 0 Å². The van der Waals surface area contributed by atoms with E-state index in [4.69, 9.17) is 10.8 Å². The van der Waals surface area contributed by atoms with Crippen molar-refractivity contribution in [2.24, 2.45) is 5.73 Å². The number of carboxylic acids is 1. The zero-order valence-corrected chi connectivity index (χ0v) is 32.9. The fourth-order valence-corrected chi connectivity index (χ4v) is 7.50. The number of rotatable bonds is 7. The summed E-state index contributed by atoms with van der Waals surface area (Å²) in [4.78, 5) is 36.9. The molecule has 10 rings (SSSR count). The van der Waals surface area contributed by atoms with Crippen molar-refractivity contribution >= 4 is 34.5 Å². The van der Waals surface area contributed by atoms with Crippen LogP contribution in [0.15, 0.2) is 135 Å². The third kappa shape index (κ3) is 8.55. The minimum absolute atomic E-state index is 0.0539. The molecule has 1 amide bonds.